The van der Waals surface area contributed by atoms with E-state index in [1.54, 1.807) is 0 Å². The van der Waals surface area contributed by atoms with Gasteiger partial charge in [0.25, 0.3) is 0 Å². The molecule has 3 aliphatic rings. The first kappa shape index (κ1) is 18.5. The highest BCUT2D eigenvalue weighted by atomic mass is 35.5. The Morgan fingerprint density at radius 2 is 1.96 bits per heavy atom. The van der Waals surface area contributed by atoms with E-state index in [-0.39, 0.29) is 18.4 Å². The van der Waals surface area contributed by atoms with Crippen molar-refractivity contribution in [3.05, 3.63) is 34.3 Å². The number of carbonyl (C=O) groups excluding carboxylic acids is 1. The number of allylic oxidation sites excluding steroid dienone is 2. The van der Waals surface area contributed by atoms with Gasteiger partial charge in [-0.1, -0.05) is 6.92 Å². The van der Waals surface area contributed by atoms with Gasteiger partial charge in [0.15, 0.2) is 5.69 Å². The maximum absolute atomic E-state index is 12.1. The van der Waals surface area contributed by atoms with Gasteiger partial charge in [-0.2, -0.15) is 0 Å². The summed E-state index contributed by atoms with van der Waals surface area (Å²) in [6.45, 7) is 12.9. The van der Waals surface area contributed by atoms with Gasteiger partial charge in [0.2, 0.25) is 0 Å². The maximum atomic E-state index is 12.1. The van der Waals surface area contributed by atoms with Crippen LogP contribution in [0.2, 0.25) is 0 Å². The minimum absolute atomic E-state index is 0. The largest absolute Gasteiger partial charge is 1.00 e. The third kappa shape index (κ3) is 2.44. The van der Waals surface area contributed by atoms with Crippen LogP contribution in [-0.4, -0.2) is 22.1 Å². The van der Waals surface area contributed by atoms with Crippen LogP contribution in [0.5, 0.6) is 0 Å². The minimum Gasteiger partial charge on any atom is -1.00 e. The highest BCUT2D eigenvalue weighted by Gasteiger charge is 2.31. The van der Waals surface area contributed by atoms with Crippen molar-refractivity contribution < 1.29 is 21.9 Å². The molecular weight excluding hydrogens is 324 g/mol. The first-order valence-electron chi connectivity index (χ1n) is 8.31. The Kier molecular flexibility index (Phi) is 5.09. The summed E-state index contributed by atoms with van der Waals surface area (Å²) in [4.78, 5) is 16.7. The zero-order valence-corrected chi connectivity index (χ0v) is 15.9. The SMILES string of the molecule is CCOC(=O)c1nc2cc3n(c(C)c-2c1C)C(C)C(CC)=C3C.[Cl-]. The number of ether oxygens (including phenoxy) is 1. The van der Waals surface area contributed by atoms with Gasteiger partial charge in [-0.05, 0) is 63.8 Å². The number of aromatic nitrogens is 2. The monoisotopic (exact) mass is 347 g/mol. The Balaban J connectivity index is 0.00000208. The number of rotatable bonds is 3. The normalized spacial score (nSPS) is 16.3. The number of fused-ring (bicyclic) bond motifs is 2. The molecule has 0 spiro atoms. The lowest BCUT2D eigenvalue weighted by Crippen LogP contribution is -3.00. The molecule has 0 aliphatic carbocycles. The molecule has 0 saturated carbocycles. The van der Waals surface area contributed by atoms with Crippen LogP contribution in [0.25, 0.3) is 16.8 Å². The number of nitrogens with zero attached hydrogens (tertiary/aromatic N) is 2. The Hall–Kier alpha value is -1.81. The topological polar surface area (TPSA) is 44.1 Å². The summed E-state index contributed by atoms with van der Waals surface area (Å²) in [6, 6.07) is 2.48. The second kappa shape index (κ2) is 6.60. The fourth-order valence-corrected chi connectivity index (χ4v) is 4.01. The van der Waals surface area contributed by atoms with Crippen molar-refractivity contribution in [1.29, 1.82) is 0 Å². The summed E-state index contributed by atoms with van der Waals surface area (Å²) >= 11 is 0. The van der Waals surface area contributed by atoms with E-state index < -0.39 is 0 Å². The van der Waals surface area contributed by atoms with E-state index in [1.165, 1.54) is 22.5 Å². The molecule has 3 heterocycles. The van der Waals surface area contributed by atoms with E-state index in [2.05, 4.69) is 43.3 Å². The Morgan fingerprint density at radius 1 is 1.29 bits per heavy atom. The fourth-order valence-electron chi connectivity index (χ4n) is 4.01. The van der Waals surface area contributed by atoms with E-state index in [0.29, 0.717) is 18.3 Å². The lowest BCUT2D eigenvalue weighted by atomic mass is 10.0. The molecule has 0 saturated heterocycles. The van der Waals surface area contributed by atoms with E-state index >= 15 is 0 Å². The molecule has 0 aromatic carbocycles. The number of esters is 1. The number of hydrogen-bond acceptors (Lipinski definition) is 3. The average molecular weight is 348 g/mol. The van der Waals surface area contributed by atoms with Crippen molar-refractivity contribution in [1.82, 2.24) is 9.55 Å². The van der Waals surface area contributed by atoms with Crippen molar-refractivity contribution >= 4 is 11.5 Å². The Labute approximate surface area is 149 Å². The molecule has 0 fully saturated rings. The first-order chi connectivity index (χ1) is 10.9. The summed E-state index contributed by atoms with van der Waals surface area (Å²) in [5.74, 6) is -0.333. The predicted molar refractivity (Wildman–Crippen MR) is 91.9 cm³/mol. The van der Waals surface area contributed by atoms with Gasteiger partial charge >= 0.3 is 5.97 Å². The van der Waals surface area contributed by atoms with Crippen LogP contribution in [0, 0.1) is 13.8 Å². The zero-order chi connectivity index (χ0) is 16.9. The molecule has 5 heteroatoms. The van der Waals surface area contributed by atoms with Gasteiger partial charge in [0, 0.05) is 17.0 Å². The second-order valence-electron chi connectivity index (χ2n) is 6.23. The smallest absolute Gasteiger partial charge is 0.357 e. The molecule has 0 aromatic heterocycles. The molecule has 3 aliphatic heterocycles. The van der Waals surface area contributed by atoms with Crippen LogP contribution in [0.1, 0.15) is 67.6 Å². The van der Waals surface area contributed by atoms with Crippen molar-refractivity contribution in [3.8, 4) is 11.3 Å². The molecule has 0 radical (unpaired) electrons. The molecule has 0 amide bonds. The molecule has 1 atom stereocenters. The summed E-state index contributed by atoms with van der Waals surface area (Å²) in [7, 11) is 0. The highest BCUT2D eigenvalue weighted by Crippen LogP contribution is 2.43. The molecule has 24 heavy (non-hydrogen) atoms. The molecule has 0 bridgehead atoms. The summed E-state index contributed by atoms with van der Waals surface area (Å²) in [6.07, 6.45) is 1.05. The molecule has 0 N–H and O–H groups in total. The molecular formula is C19H24ClN2O2-. The lowest BCUT2D eigenvalue weighted by Gasteiger charge is -2.20. The van der Waals surface area contributed by atoms with Crippen LogP contribution in [-0.2, 0) is 4.74 Å². The minimum atomic E-state index is -0.333. The van der Waals surface area contributed by atoms with Crippen LogP contribution < -0.4 is 12.4 Å². The van der Waals surface area contributed by atoms with Crippen molar-refractivity contribution in [2.45, 2.75) is 54.0 Å². The molecule has 0 aromatic rings. The fraction of sp³-hybridized carbons (Fsp3) is 0.474. The van der Waals surface area contributed by atoms with E-state index in [9.17, 15) is 4.79 Å². The number of hydrogen-bond donors (Lipinski definition) is 0. The van der Waals surface area contributed by atoms with Crippen LogP contribution in [0.3, 0.4) is 0 Å². The molecule has 4 nitrogen and oxygen atoms in total. The Bertz CT molecular complexity index is 804. The molecule has 1 unspecified atom stereocenters. The third-order valence-corrected chi connectivity index (χ3v) is 5.08. The van der Waals surface area contributed by atoms with Crippen LogP contribution in [0.4, 0.5) is 0 Å². The van der Waals surface area contributed by atoms with E-state index in [1.807, 2.05) is 13.8 Å². The summed E-state index contributed by atoms with van der Waals surface area (Å²) in [5.41, 5.74) is 8.53. The van der Waals surface area contributed by atoms with Gasteiger partial charge in [0.05, 0.1) is 18.3 Å². The van der Waals surface area contributed by atoms with Crippen molar-refractivity contribution in [3.63, 3.8) is 0 Å². The molecule has 3 rings (SSSR count). The number of pyridine rings is 1. The van der Waals surface area contributed by atoms with E-state index in [4.69, 9.17) is 4.74 Å². The van der Waals surface area contributed by atoms with Crippen molar-refractivity contribution in [2.75, 3.05) is 6.61 Å². The van der Waals surface area contributed by atoms with Gasteiger partial charge in [-0.25, -0.2) is 9.78 Å². The quantitative estimate of drug-likeness (QED) is 0.791. The van der Waals surface area contributed by atoms with Gasteiger partial charge in [-0.15, -0.1) is 0 Å². The first-order valence-corrected chi connectivity index (χ1v) is 8.31. The predicted octanol–water partition coefficient (Wildman–Crippen LogP) is 1.54. The van der Waals surface area contributed by atoms with Gasteiger partial charge in [0.1, 0.15) is 0 Å². The van der Waals surface area contributed by atoms with Crippen LogP contribution in [0.15, 0.2) is 11.6 Å². The zero-order valence-electron chi connectivity index (χ0n) is 15.2. The average Bonchev–Trinajstić information content (AvgIpc) is 2.96. The lowest BCUT2D eigenvalue weighted by molar-refractivity contribution is -0.0000232. The number of halogens is 1. The summed E-state index contributed by atoms with van der Waals surface area (Å²) < 4.78 is 7.51. The number of carbonyl (C=O) groups is 1. The highest BCUT2D eigenvalue weighted by molar-refractivity contribution is 5.94. The van der Waals surface area contributed by atoms with E-state index in [0.717, 1.165) is 23.2 Å². The Morgan fingerprint density at radius 3 is 2.54 bits per heavy atom. The van der Waals surface area contributed by atoms with Gasteiger partial charge < -0.3 is 21.7 Å². The third-order valence-electron chi connectivity index (χ3n) is 5.08. The maximum Gasteiger partial charge on any atom is 0.357 e. The molecule has 130 valence electrons. The van der Waals surface area contributed by atoms with Gasteiger partial charge in [-0.3, -0.25) is 0 Å². The summed E-state index contributed by atoms with van der Waals surface area (Å²) in [5, 5.41) is 0. The van der Waals surface area contributed by atoms with Crippen LogP contribution >= 0.6 is 0 Å². The second-order valence-corrected chi connectivity index (χ2v) is 6.23. The van der Waals surface area contributed by atoms with Crippen molar-refractivity contribution in [2.24, 2.45) is 0 Å². The standard InChI is InChI=1S/C19H24N2O2.ClH/c1-7-14-10(3)16-9-15-17(13(6)21(16)12(14)5)11(4)18(20-15)19(22)23-8-2;/h9,12H,7-8H2,1-6H3;1H/p-1.